The third-order valence-corrected chi connectivity index (χ3v) is 11.0. The largest absolute Gasteiger partial charge is 0.412 e. The Kier molecular flexibility index (Phi) is 7.39. The van der Waals surface area contributed by atoms with E-state index in [0.29, 0.717) is 24.5 Å². The fourth-order valence-electron chi connectivity index (χ4n) is 3.49. The first-order valence-corrected chi connectivity index (χ1v) is 13.9. The molecule has 1 aliphatic rings. The minimum Gasteiger partial charge on any atom is -0.412 e. The number of methoxy groups -OCH3 is 1. The van der Waals surface area contributed by atoms with E-state index in [0.717, 1.165) is 37.4 Å². The third-order valence-electron chi connectivity index (χ3n) is 6.53. The Labute approximate surface area is 187 Å². The molecule has 170 valence electrons. The Morgan fingerprint density at radius 3 is 2.35 bits per heavy atom. The molecule has 0 N–H and O–H groups in total. The number of hydrogen-bond donors (Lipinski definition) is 0. The Bertz CT molecular complexity index is 877. The van der Waals surface area contributed by atoms with Gasteiger partial charge in [-0.3, -0.25) is 4.98 Å². The van der Waals surface area contributed by atoms with Crippen molar-refractivity contribution in [3.63, 3.8) is 0 Å². The lowest BCUT2D eigenvalue weighted by atomic mass is 10.1. The highest BCUT2D eigenvalue weighted by Gasteiger charge is 2.37. The molecular formula is C24H36FN3O2Si. The van der Waals surface area contributed by atoms with Crippen LogP contribution >= 0.6 is 0 Å². The number of hydrogen-bond acceptors (Lipinski definition) is 5. The van der Waals surface area contributed by atoms with Gasteiger partial charge in [0.15, 0.2) is 14.1 Å². The number of benzene rings is 1. The number of ether oxygens (including phenoxy) is 1. The van der Waals surface area contributed by atoms with Crippen LogP contribution < -0.4 is 9.80 Å². The van der Waals surface area contributed by atoms with Crippen molar-refractivity contribution in [2.45, 2.75) is 52.1 Å². The zero-order chi connectivity index (χ0) is 22.6. The SMILES string of the molecule is COCc1cncc(N2CCN(c3cccc(CO[Si](C)(C)C(C)(C)C)c3F)CC2)c1. The second-order valence-corrected chi connectivity index (χ2v) is 14.6. The van der Waals surface area contributed by atoms with Crippen molar-refractivity contribution in [3.8, 4) is 0 Å². The summed E-state index contributed by atoms with van der Waals surface area (Å²) in [7, 11) is -0.241. The summed E-state index contributed by atoms with van der Waals surface area (Å²) in [6, 6.07) is 7.77. The van der Waals surface area contributed by atoms with Crippen LogP contribution in [0.15, 0.2) is 36.7 Å². The Morgan fingerprint density at radius 1 is 1.03 bits per heavy atom. The number of aromatic nitrogens is 1. The summed E-state index contributed by atoms with van der Waals surface area (Å²) >= 11 is 0. The van der Waals surface area contributed by atoms with Crippen molar-refractivity contribution in [1.82, 2.24) is 4.98 Å². The summed E-state index contributed by atoms with van der Waals surface area (Å²) in [6.45, 7) is 15.0. The highest BCUT2D eigenvalue weighted by molar-refractivity contribution is 6.74. The van der Waals surface area contributed by atoms with Gasteiger partial charge in [0, 0.05) is 45.0 Å². The summed E-state index contributed by atoms with van der Waals surface area (Å²) in [5, 5.41) is 0.104. The van der Waals surface area contributed by atoms with Crippen molar-refractivity contribution in [2.24, 2.45) is 0 Å². The van der Waals surface area contributed by atoms with Crippen LogP contribution in [0.25, 0.3) is 0 Å². The molecule has 0 atom stereocenters. The van der Waals surface area contributed by atoms with E-state index >= 15 is 4.39 Å². The van der Waals surface area contributed by atoms with E-state index in [9.17, 15) is 0 Å². The number of rotatable bonds is 7. The minimum atomic E-state index is -1.93. The van der Waals surface area contributed by atoms with Gasteiger partial charge in [0.2, 0.25) is 0 Å². The molecule has 7 heteroatoms. The molecular weight excluding hydrogens is 409 g/mol. The molecule has 0 amide bonds. The molecule has 1 aromatic carbocycles. The van der Waals surface area contributed by atoms with Crippen LogP contribution in [0.4, 0.5) is 15.8 Å². The first-order valence-electron chi connectivity index (χ1n) is 11.0. The van der Waals surface area contributed by atoms with E-state index in [1.807, 2.05) is 30.6 Å². The van der Waals surface area contributed by atoms with E-state index in [-0.39, 0.29) is 10.9 Å². The molecule has 2 heterocycles. The van der Waals surface area contributed by atoms with Crippen LogP contribution in [0.3, 0.4) is 0 Å². The number of piperazine rings is 1. The second-order valence-electron chi connectivity index (χ2n) is 9.76. The number of nitrogens with zero attached hydrogens (tertiary/aromatic N) is 3. The maximum atomic E-state index is 15.3. The summed E-state index contributed by atoms with van der Waals surface area (Å²) < 4.78 is 26.8. The van der Waals surface area contributed by atoms with Gasteiger partial charge in [-0.1, -0.05) is 32.9 Å². The molecule has 5 nitrogen and oxygen atoms in total. The fraction of sp³-hybridized carbons (Fsp3) is 0.542. The fourth-order valence-corrected chi connectivity index (χ4v) is 4.44. The normalized spacial score (nSPS) is 15.5. The molecule has 0 aliphatic carbocycles. The summed E-state index contributed by atoms with van der Waals surface area (Å²) in [6.07, 6.45) is 3.71. The smallest absolute Gasteiger partial charge is 0.192 e. The predicted molar refractivity (Wildman–Crippen MR) is 128 cm³/mol. The first-order chi connectivity index (χ1) is 14.6. The van der Waals surface area contributed by atoms with Crippen LogP contribution in [-0.2, 0) is 22.4 Å². The molecule has 0 bridgehead atoms. The van der Waals surface area contributed by atoms with Gasteiger partial charge in [0.25, 0.3) is 0 Å². The molecule has 0 unspecified atom stereocenters. The molecule has 1 saturated heterocycles. The highest BCUT2D eigenvalue weighted by atomic mass is 28.4. The van der Waals surface area contributed by atoms with Crippen molar-refractivity contribution < 1.29 is 13.6 Å². The van der Waals surface area contributed by atoms with Crippen LogP contribution in [0.5, 0.6) is 0 Å². The summed E-state index contributed by atoms with van der Waals surface area (Å²) in [5.41, 5.74) is 3.46. The summed E-state index contributed by atoms with van der Waals surface area (Å²) in [4.78, 5) is 8.76. The van der Waals surface area contributed by atoms with E-state index in [1.54, 1.807) is 7.11 Å². The Morgan fingerprint density at radius 2 is 1.71 bits per heavy atom. The molecule has 1 aliphatic heterocycles. The van der Waals surface area contributed by atoms with E-state index in [4.69, 9.17) is 9.16 Å². The third kappa shape index (κ3) is 5.64. The average molecular weight is 446 g/mol. The Hall–Kier alpha value is -1.96. The van der Waals surface area contributed by atoms with Crippen LogP contribution in [0.1, 0.15) is 31.9 Å². The van der Waals surface area contributed by atoms with Crippen molar-refractivity contribution in [1.29, 1.82) is 0 Å². The topological polar surface area (TPSA) is 37.8 Å². The quantitative estimate of drug-likeness (QED) is 0.547. The number of pyridine rings is 1. The maximum absolute atomic E-state index is 15.3. The van der Waals surface area contributed by atoms with Crippen molar-refractivity contribution >= 4 is 19.7 Å². The maximum Gasteiger partial charge on any atom is 0.192 e. The number of anilines is 2. The monoisotopic (exact) mass is 445 g/mol. The predicted octanol–water partition coefficient (Wildman–Crippen LogP) is 5.22. The highest BCUT2D eigenvalue weighted by Crippen LogP contribution is 2.37. The van der Waals surface area contributed by atoms with Gasteiger partial charge in [-0.15, -0.1) is 0 Å². The zero-order valence-corrected chi connectivity index (χ0v) is 20.7. The molecule has 1 aromatic heterocycles. The molecule has 1 fully saturated rings. The van der Waals surface area contributed by atoms with Crippen molar-refractivity contribution in [2.75, 3.05) is 43.1 Å². The van der Waals surface area contributed by atoms with Gasteiger partial charge < -0.3 is 19.0 Å². The van der Waals surface area contributed by atoms with Crippen LogP contribution in [-0.4, -0.2) is 46.6 Å². The summed E-state index contributed by atoms with van der Waals surface area (Å²) in [5.74, 6) is -0.154. The van der Waals surface area contributed by atoms with Crippen LogP contribution in [0.2, 0.25) is 18.1 Å². The van der Waals surface area contributed by atoms with Gasteiger partial charge in [-0.2, -0.15) is 0 Å². The average Bonchev–Trinajstić information content (AvgIpc) is 2.73. The van der Waals surface area contributed by atoms with Gasteiger partial charge in [-0.25, -0.2) is 4.39 Å². The van der Waals surface area contributed by atoms with Crippen molar-refractivity contribution in [3.05, 3.63) is 53.6 Å². The molecule has 0 saturated carbocycles. The van der Waals surface area contributed by atoms with Gasteiger partial charge in [-0.05, 0) is 35.8 Å². The molecule has 0 radical (unpaired) electrons. The number of halogens is 1. The lowest BCUT2D eigenvalue weighted by Gasteiger charge is -2.38. The molecule has 3 rings (SSSR count). The zero-order valence-electron chi connectivity index (χ0n) is 19.7. The van der Waals surface area contributed by atoms with E-state index in [1.165, 1.54) is 0 Å². The van der Waals surface area contributed by atoms with Gasteiger partial charge in [0.05, 0.1) is 30.8 Å². The van der Waals surface area contributed by atoms with E-state index < -0.39 is 8.32 Å². The molecule has 31 heavy (non-hydrogen) atoms. The molecule has 0 spiro atoms. The first kappa shape index (κ1) is 23.7. The standard InChI is InChI=1S/C24H36FN3O2Si/c1-24(2,3)31(5,6)30-18-20-8-7-9-22(23(20)25)28-12-10-27(11-13-28)21-14-19(17-29-4)15-26-16-21/h7-9,14-16H,10-13,17-18H2,1-6H3. The second kappa shape index (κ2) is 9.67. The van der Waals surface area contributed by atoms with Gasteiger partial charge >= 0.3 is 0 Å². The van der Waals surface area contributed by atoms with E-state index in [2.05, 4.69) is 54.7 Å². The lowest BCUT2D eigenvalue weighted by molar-refractivity contribution is 0.184. The minimum absolute atomic E-state index is 0.104. The Balaban J connectivity index is 1.66. The lowest BCUT2D eigenvalue weighted by Crippen LogP contribution is -2.47. The van der Waals surface area contributed by atoms with Gasteiger partial charge in [0.1, 0.15) is 0 Å². The molecule has 2 aromatic rings. The van der Waals surface area contributed by atoms with Crippen LogP contribution in [0, 0.1) is 5.82 Å².